The second kappa shape index (κ2) is 10.8. The van der Waals surface area contributed by atoms with Crippen LogP contribution in [0.5, 0.6) is 0 Å². The Kier molecular flexibility index (Phi) is 9.44. The second-order valence-electron chi connectivity index (χ2n) is 8.54. The van der Waals surface area contributed by atoms with E-state index in [9.17, 15) is 13.9 Å². The molecule has 0 radical (unpaired) electrons. The first kappa shape index (κ1) is 23.6. The van der Waals surface area contributed by atoms with Crippen LogP contribution in [0.2, 0.25) is 0 Å². The highest BCUT2D eigenvalue weighted by Gasteiger charge is 2.32. The molecule has 2 atom stereocenters. The fourth-order valence-electron chi connectivity index (χ4n) is 3.72. The Balaban J connectivity index is 3.29. The molecule has 0 aromatic heterocycles. The number of unbranched alkanes of at least 4 members (excludes halogenated alkanes) is 1. The number of hydrogen-bond acceptors (Lipinski definition) is 2. The van der Waals surface area contributed by atoms with E-state index < -0.39 is 11.6 Å². The van der Waals surface area contributed by atoms with Gasteiger partial charge in [-0.2, -0.15) is 0 Å². The zero-order valence-electron chi connectivity index (χ0n) is 17.8. The van der Waals surface area contributed by atoms with Crippen molar-refractivity contribution in [3.05, 3.63) is 41.0 Å². The molecule has 2 unspecified atom stereocenters. The van der Waals surface area contributed by atoms with Crippen LogP contribution in [0.25, 0.3) is 5.70 Å². The first-order chi connectivity index (χ1) is 12.7. The molecule has 0 saturated heterocycles. The maximum Gasteiger partial charge on any atom is 0.168 e. The molecule has 2 N–H and O–H groups in total. The van der Waals surface area contributed by atoms with Crippen molar-refractivity contribution in [3.8, 4) is 0 Å². The Bertz CT molecular complexity index is 620. The van der Waals surface area contributed by atoms with Crippen LogP contribution >= 0.6 is 0 Å². The molecule has 1 rings (SSSR count). The number of rotatable bonds is 10. The smallest absolute Gasteiger partial charge is 0.168 e. The van der Waals surface area contributed by atoms with Crippen LogP contribution < -0.4 is 5.32 Å². The molecule has 1 aromatic rings. The SMILES string of the molecule is CCCCC(CCC)C(N/C(=C/CO)c1ccc(C)c(F)c1F)C(C)(C)C. The minimum atomic E-state index is -0.865. The van der Waals surface area contributed by atoms with Gasteiger partial charge in [-0.05, 0) is 48.8 Å². The number of aliphatic hydroxyl groups is 1. The number of nitrogens with one attached hydrogen (secondary N) is 1. The van der Waals surface area contributed by atoms with Crippen molar-refractivity contribution in [1.29, 1.82) is 0 Å². The first-order valence-corrected chi connectivity index (χ1v) is 10.2. The van der Waals surface area contributed by atoms with Gasteiger partial charge in [-0.15, -0.1) is 0 Å². The zero-order chi connectivity index (χ0) is 20.6. The van der Waals surface area contributed by atoms with Gasteiger partial charge in [0.05, 0.1) is 6.61 Å². The van der Waals surface area contributed by atoms with Crippen LogP contribution in [0.4, 0.5) is 8.78 Å². The van der Waals surface area contributed by atoms with Crippen molar-refractivity contribution in [2.24, 2.45) is 11.3 Å². The predicted molar refractivity (Wildman–Crippen MR) is 110 cm³/mol. The zero-order valence-corrected chi connectivity index (χ0v) is 17.8. The molecule has 0 bridgehead atoms. The number of hydrogen-bond donors (Lipinski definition) is 2. The molecule has 27 heavy (non-hydrogen) atoms. The van der Waals surface area contributed by atoms with E-state index in [4.69, 9.17) is 0 Å². The van der Waals surface area contributed by atoms with E-state index in [2.05, 4.69) is 39.9 Å². The van der Waals surface area contributed by atoms with Crippen molar-refractivity contribution in [1.82, 2.24) is 5.32 Å². The monoisotopic (exact) mass is 381 g/mol. The van der Waals surface area contributed by atoms with Gasteiger partial charge >= 0.3 is 0 Å². The minimum absolute atomic E-state index is 0.0676. The Morgan fingerprint density at radius 1 is 1.11 bits per heavy atom. The highest BCUT2D eigenvalue weighted by atomic mass is 19.2. The number of benzene rings is 1. The molecule has 4 heteroatoms. The highest BCUT2D eigenvalue weighted by molar-refractivity contribution is 5.65. The van der Waals surface area contributed by atoms with Crippen molar-refractivity contribution >= 4 is 5.70 Å². The molecule has 0 fully saturated rings. The lowest BCUT2D eigenvalue weighted by atomic mass is 9.75. The molecule has 0 aliphatic carbocycles. The average molecular weight is 382 g/mol. The quantitative estimate of drug-likeness (QED) is 0.504. The lowest BCUT2D eigenvalue weighted by molar-refractivity contribution is 0.190. The number of halogens is 2. The molecule has 0 spiro atoms. The molecule has 1 aromatic carbocycles. The van der Waals surface area contributed by atoms with E-state index in [1.54, 1.807) is 19.1 Å². The van der Waals surface area contributed by atoms with Crippen molar-refractivity contribution in [2.45, 2.75) is 79.7 Å². The summed E-state index contributed by atoms with van der Waals surface area (Å²) in [5.41, 5.74) is 0.847. The van der Waals surface area contributed by atoms with Gasteiger partial charge in [0.1, 0.15) is 0 Å². The molecule has 0 aliphatic rings. The summed E-state index contributed by atoms with van der Waals surface area (Å²) in [6, 6.07) is 3.25. The lowest BCUT2D eigenvalue weighted by Crippen LogP contribution is -2.45. The molecule has 154 valence electrons. The molecule has 0 amide bonds. The van der Waals surface area contributed by atoms with Crippen LogP contribution in [0.1, 0.15) is 77.8 Å². The van der Waals surface area contributed by atoms with E-state index in [-0.39, 0.29) is 29.2 Å². The van der Waals surface area contributed by atoms with Gasteiger partial charge < -0.3 is 10.4 Å². The number of aryl methyl sites for hydroxylation is 1. The Labute approximate surface area is 164 Å². The third-order valence-corrected chi connectivity index (χ3v) is 5.16. The van der Waals surface area contributed by atoms with Crippen molar-refractivity contribution in [3.63, 3.8) is 0 Å². The topological polar surface area (TPSA) is 32.3 Å². The second-order valence-corrected chi connectivity index (χ2v) is 8.54. The van der Waals surface area contributed by atoms with E-state index in [1.807, 2.05) is 0 Å². The Morgan fingerprint density at radius 2 is 1.78 bits per heavy atom. The molecular weight excluding hydrogens is 344 g/mol. The van der Waals surface area contributed by atoms with E-state index in [1.165, 1.54) is 6.08 Å². The highest BCUT2D eigenvalue weighted by Crippen LogP contribution is 2.33. The van der Waals surface area contributed by atoms with E-state index in [0.717, 1.165) is 32.1 Å². The standard InChI is InChI=1S/C23H37F2NO/c1-7-9-11-17(10-8-2)22(23(4,5)6)26-19(14-15-27)18-13-12-16(3)20(24)21(18)25/h12-14,17,22,26-27H,7-11,15H2,1-6H3/b19-14+. The van der Waals surface area contributed by atoms with Crippen LogP contribution in [-0.4, -0.2) is 17.8 Å². The summed E-state index contributed by atoms with van der Waals surface area (Å²) in [5.74, 6) is -1.27. The van der Waals surface area contributed by atoms with Gasteiger partial charge in [0.25, 0.3) is 0 Å². The summed E-state index contributed by atoms with van der Waals surface area (Å²) in [5, 5.41) is 13.0. The fourth-order valence-corrected chi connectivity index (χ4v) is 3.72. The largest absolute Gasteiger partial charge is 0.392 e. The summed E-state index contributed by atoms with van der Waals surface area (Å²) in [6.07, 6.45) is 7.06. The number of aliphatic hydroxyl groups excluding tert-OH is 1. The molecule has 0 saturated carbocycles. The normalized spacial score (nSPS) is 14.9. The Hall–Kier alpha value is -1.42. The summed E-state index contributed by atoms with van der Waals surface area (Å²) in [6.45, 7) is 12.2. The van der Waals surface area contributed by atoms with Crippen LogP contribution in [0.3, 0.4) is 0 Å². The molecule has 2 nitrogen and oxygen atoms in total. The van der Waals surface area contributed by atoms with Crippen molar-refractivity contribution < 1.29 is 13.9 Å². The summed E-state index contributed by atoms with van der Waals surface area (Å²) < 4.78 is 28.7. The van der Waals surface area contributed by atoms with Gasteiger partial charge in [0.2, 0.25) is 0 Å². The first-order valence-electron chi connectivity index (χ1n) is 10.2. The van der Waals surface area contributed by atoms with Gasteiger partial charge in [-0.3, -0.25) is 0 Å². The van der Waals surface area contributed by atoms with Gasteiger partial charge in [0.15, 0.2) is 11.6 Å². The Morgan fingerprint density at radius 3 is 2.30 bits per heavy atom. The summed E-state index contributed by atoms with van der Waals surface area (Å²) in [4.78, 5) is 0. The third kappa shape index (κ3) is 6.60. The van der Waals surface area contributed by atoms with Crippen LogP contribution in [0.15, 0.2) is 18.2 Å². The molecule has 0 aliphatic heterocycles. The summed E-state index contributed by atoms with van der Waals surface area (Å²) in [7, 11) is 0. The molecule has 0 heterocycles. The summed E-state index contributed by atoms with van der Waals surface area (Å²) >= 11 is 0. The van der Waals surface area contributed by atoms with E-state index >= 15 is 0 Å². The van der Waals surface area contributed by atoms with Gasteiger partial charge in [0, 0.05) is 17.3 Å². The third-order valence-electron chi connectivity index (χ3n) is 5.16. The predicted octanol–water partition coefficient (Wildman–Crippen LogP) is 6.22. The van der Waals surface area contributed by atoms with Crippen LogP contribution in [0, 0.1) is 29.9 Å². The molecular formula is C23H37F2NO. The average Bonchev–Trinajstić information content (AvgIpc) is 2.60. The minimum Gasteiger partial charge on any atom is -0.392 e. The van der Waals surface area contributed by atoms with Gasteiger partial charge in [-0.1, -0.05) is 59.9 Å². The van der Waals surface area contributed by atoms with E-state index in [0.29, 0.717) is 11.6 Å². The maximum absolute atomic E-state index is 14.6. The van der Waals surface area contributed by atoms with Gasteiger partial charge in [-0.25, -0.2) is 8.78 Å². The maximum atomic E-state index is 14.6. The van der Waals surface area contributed by atoms with Crippen LogP contribution in [-0.2, 0) is 0 Å². The lowest BCUT2D eigenvalue weighted by Gasteiger charge is -2.39. The fraction of sp³-hybridized carbons (Fsp3) is 0.652. The van der Waals surface area contributed by atoms with Crippen molar-refractivity contribution in [2.75, 3.05) is 6.61 Å².